The molecular weight excluding hydrogens is 384 g/mol. The standard InChI is InChI=1S/C24H23ClN2O2/c1-17-11-13-18(14-12-17)16-26-23(28)15-22(19-7-3-2-4-8-19)27-24(29)20-9-5-6-10-21(20)25/h2-14,22H,15-16H2,1H3,(H,26,28)(H,27,29). The number of aryl methyl sites for hydroxylation is 1. The Labute approximate surface area is 175 Å². The van der Waals surface area contributed by atoms with Crippen LogP contribution in [0.1, 0.15) is 39.5 Å². The second-order valence-corrected chi connectivity index (χ2v) is 7.29. The van der Waals surface area contributed by atoms with Gasteiger partial charge in [0.1, 0.15) is 0 Å². The van der Waals surface area contributed by atoms with Crippen LogP contribution in [0.4, 0.5) is 0 Å². The van der Waals surface area contributed by atoms with Gasteiger partial charge in [-0.25, -0.2) is 0 Å². The molecule has 0 spiro atoms. The summed E-state index contributed by atoms with van der Waals surface area (Å²) in [4.78, 5) is 25.3. The number of halogens is 1. The van der Waals surface area contributed by atoms with Crippen LogP contribution in [-0.2, 0) is 11.3 Å². The van der Waals surface area contributed by atoms with Gasteiger partial charge < -0.3 is 10.6 Å². The van der Waals surface area contributed by atoms with Crippen LogP contribution in [0.15, 0.2) is 78.9 Å². The molecule has 3 rings (SSSR count). The maximum Gasteiger partial charge on any atom is 0.253 e. The first-order chi connectivity index (χ1) is 14.0. The lowest BCUT2D eigenvalue weighted by Crippen LogP contribution is -2.33. The monoisotopic (exact) mass is 406 g/mol. The van der Waals surface area contributed by atoms with Gasteiger partial charge >= 0.3 is 0 Å². The Morgan fingerprint density at radius 2 is 1.55 bits per heavy atom. The summed E-state index contributed by atoms with van der Waals surface area (Å²) >= 11 is 6.14. The molecule has 0 fully saturated rings. The normalized spacial score (nSPS) is 11.5. The molecule has 0 aliphatic rings. The zero-order chi connectivity index (χ0) is 20.6. The smallest absolute Gasteiger partial charge is 0.253 e. The van der Waals surface area contributed by atoms with Crippen LogP contribution in [0.3, 0.4) is 0 Å². The van der Waals surface area contributed by atoms with Crippen LogP contribution in [0.2, 0.25) is 5.02 Å². The minimum absolute atomic E-state index is 0.131. The first kappa shape index (κ1) is 20.6. The van der Waals surface area contributed by atoms with Crippen LogP contribution in [0.5, 0.6) is 0 Å². The fourth-order valence-electron chi connectivity index (χ4n) is 2.98. The predicted molar refractivity (Wildman–Crippen MR) is 116 cm³/mol. The molecule has 148 valence electrons. The lowest BCUT2D eigenvalue weighted by molar-refractivity contribution is -0.121. The summed E-state index contributed by atoms with van der Waals surface area (Å²) in [6.07, 6.45) is 0.131. The van der Waals surface area contributed by atoms with Crippen LogP contribution in [-0.4, -0.2) is 11.8 Å². The summed E-state index contributed by atoms with van der Waals surface area (Å²) in [7, 11) is 0. The van der Waals surface area contributed by atoms with Crippen molar-refractivity contribution in [3.63, 3.8) is 0 Å². The summed E-state index contributed by atoms with van der Waals surface area (Å²) < 4.78 is 0. The van der Waals surface area contributed by atoms with Crippen molar-refractivity contribution < 1.29 is 9.59 Å². The van der Waals surface area contributed by atoms with Gasteiger partial charge in [0, 0.05) is 6.54 Å². The zero-order valence-electron chi connectivity index (χ0n) is 16.2. The first-order valence-corrected chi connectivity index (χ1v) is 9.83. The highest BCUT2D eigenvalue weighted by molar-refractivity contribution is 6.33. The Hall–Kier alpha value is -3.11. The second kappa shape index (κ2) is 9.89. The van der Waals surface area contributed by atoms with E-state index < -0.39 is 6.04 Å². The van der Waals surface area contributed by atoms with Gasteiger partial charge in [-0.1, -0.05) is 83.9 Å². The molecule has 0 saturated carbocycles. The van der Waals surface area contributed by atoms with Gasteiger partial charge in [-0.3, -0.25) is 9.59 Å². The maximum absolute atomic E-state index is 12.7. The Morgan fingerprint density at radius 3 is 2.24 bits per heavy atom. The fraction of sp³-hybridized carbons (Fsp3) is 0.167. The van der Waals surface area contributed by atoms with Crippen molar-refractivity contribution in [1.29, 1.82) is 0 Å². The Balaban J connectivity index is 1.69. The fourth-order valence-corrected chi connectivity index (χ4v) is 3.20. The van der Waals surface area contributed by atoms with Gasteiger partial charge in [-0.15, -0.1) is 0 Å². The van der Waals surface area contributed by atoms with Crippen LogP contribution < -0.4 is 10.6 Å². The minimum atomic E-state index is -0.460. The number of rotatable bonds is 7. The van der Waals surface area contributed by atoms with Gasteiger partial charge in [0.15, 0.2) is 0 Å². The van der Waals surface area contributed by atoms with Crippen LogP contribution in [0, 0.1) is 6.92 Å². The minimum Gasteiger partial charge on any atom is -0.352 e. The summed E-state index contributed by atoms with van der Waals surface area (Å²) in [6, 6.07) is 23.9. The van der Waals surface area contributed by atoms with Crippen molar-refractivity contribution in [2.24, 2.45) is 0 Å². The molecule has 2 amide bonds. The van der Waals surface area contributed by atoms with Crippen LogP contribution >= 0.6 is 11.6 Å². The van der Waals surface area contributed by atoms with E-state index in [0.29, 0.717) is 17.1 Å². The Bertz CT molecular complexity index is 972. The quantitative estimate of drug-likeness (QED) is 0.590. The number of benzene rings is 3. The van der Waals surface area contributed by atoms with Gasteiger partial charge in [-0.05, 0) is 30.2 Å². The van der Waals surface area contributed by atoms with Crippen molar-refractivity contribution in [3.05, 3.63) is 106 Å². The molecule has 1 atom stereocenters. The molecule has 0 aliphatic heterocycles. The molecule has 0 heterocycles. The third-order valence-electron chi connectivity index (χ3n) is 4.63. The van der Waals surface area contributed by atoms with E-state index in [1.54, 1.807) is 24.3 Å². The highest BCUT2D eigenvalue weighted by Crippen LogP contribution is 2.20. The van der Waals surface area contributed by atoms with E-state index in [9.17, 15) is 9.59 Å². The average Bonchev–Trinajstić information content (AvgIpc) is 2.74. The molecule has 0 aromatic heterocycles. The van der Waals surface area contributed by atoms with E-state index in [1.807, 2.05) is 61.5 Å². The number of carbonyl (C=O) groups is 2. The number of hydrogen-bond donors (Lipinski definition) is 2. The van der Waals surface area contributed by atoms with E-state index in [0.717, 1.165) is 11.1 Å². The Kier molecular flexibility index (Phi) is 7.04. The zero-order valence-corrected chi connectivity index (χ0v) is 16.9. The molecular formula is C24H23ClN2O2. The van der Waals surface area contributed by atoms with Gasteiger partial charge in [-0.2, -0.15) is 0 Å². The van der Waals surface area contributed by atoms with Crippen molar-refractivity contribution in [1.82, 2.24) is 10.6 Å². The molecule has 3 aromatic carbocycles. The van der Waals surface area contributed by atoms with E-state index in [1.165, 1.54) is 5.56 Å². The molecule has 0 radical (unpaired) electrons. The number of hydrogen-bond acceptors (Lipinski definition) is 2. The van der Waals surface area contributed by atoms with Crippen molar-refractivity contribution >= 4 is 23.4 Å². The van der Waals surface area contributed by atoms with Crippen molar-refractivity contribution in [2.45, 2.75) is 25.9 Å². The van der Waals surface area contributed by atoms with Crippen molar-refractivity contribution in [2.75, 3.05) is 0 Å². The maximum atomic E-state index is 12.7. The third kappa shape index (κ3) is 5.93. The van der Waals surface area contributed by atoms with E-state index >= 15 is 0 Å². The van der Waals surface area contributed by atoms with E-state index in [-0.39, 0.29) is 18.2 Å². The number of carbonyl (C=O) groups excluding carboxylic acids is 2. The summed E-state index contributed by atoms with van der Waals surface area (Å²) in [5.74, 6) is -0.449. The number of nitrogens with one attached hydrogen (secondary N) is 2. The molecule has 0 saturated heterocycles. The lowest BCUT2D eigenvalue weighted by atomic mass is 10.0. The SMILES string of the molecule is Cc1ccc(CNC(=O)CC(NC(=O)c2ccccc2Cl)c2ccccc2)cc1. The first-order valence-electron chi connectivity index (χ1n) is 9.45. The van der Waals surface area contributed by atoms with Gasteiger partial charge in [0.25, 0.3) is 5.91 Å². The second-order valence-electron chi connectivity index (χ2n) is 6.88. The molecule has 2 N–H and O–H groups in total. The predicted octanol–water partition coefficient (Wildman–Crippen LogP) is 4.83. The summed E-state index contributed by atoms with van der Waals surface area (Å²) in [5.41, 5.74) is 3.44. The molecule has 4 nitrogen and oxygen atoms in total. The van der Waals surface area contributed by atoms with Gasteiger partial charge in [0.2, 0.25) is 5.91 Å². The number of amides is 2. The molecule has 29 heavy (non-hydrogen) atoms. The van der Waals surface area contributed by atoms with E-state index in [2.05, 4.69) is 10.6 Å². The average molecular weight is 407 g/mol. The van der Waals surface area contributed by atoms with Gasteiger partial charge in [0.05, 0.1) is 23.0 Å². The summed E-state index contributed by atoms with van der Waals surface area (Å²) in [5, 5.41) is 6.25. The largest absolute Gasteiger partial charge is 0.352 e. The van der Waals surface area contributed by atoms with Crippen LogP contribution in [0.25, 0.3) is 0 Å². The topological polar surface area (TPSA) is 58.2 Å². The lowest BCUT2D eigenvalue weighted by Gasteiger charge is -2.19. The molecule has 0 bridgehead atoms. The third-order valence-corrected chi connectivity index (χ3v) is 4.96. The molecule has 3 aromatic rings. The van der Waals surface area contributed by atoms with E-state index in [4.69, 9.17) is 11.6 Å². The highest BCUT2D eigenvalue weighted by Gasteiger charge is 2.20. The molecule has 0 aliphatic carbocycles. The molecule has 5 heteroatoms. The molecule has 1 unspecified atom stereocenters. The van der Waals surface area contributed by atoms with Crippen molar-refractivity contribution in [3.8, 4) is 0 Å². The highest BCUT2D eigenvalue weighted by atomic mass is 35.5. The Morgan fingerprint density at radius 1 is 0.897 bits per heavy atom. The summed E-state index contributed by atoms with van der Waals surface area (Å²) in [6.45, 7) is 2.47.